The minimum Gasteiger partial charge on any atom is -0.481 e. The highest BCUT2D eigenvalue weighted by atomic mass is 16.6. The van der Waals surface area contributed by atoms with Crippen molar-refractivity contribution in [1.82, 2.24) is 5.32 Å². The van der Waals surface area contributed by atoms with Crippen molar-refractivity contribution < 1.29 is 24.0 Å². The van der Waals surface area contributed by atoms with Gasteiger partial charge in [0, 0.05) is 6.04 Å². The number of hydrogen-bond donors (Lipinski definition) is 2. The molecule has 2 atom stereocenters. The zero-order valence-corrected chi connectivity index (χ0v) is 9.87. The molecule has 1 saturated carbocycles. The van der Waals surface area contributed by atoms with Crippen molar-refractivity contribution in [3.8, 4) is 0 Å². The third-order valence-corrected chi connectivity index (χ3v) is 3.11. The summed E-state index contributed by atoms with van der Waals surface area (Å²) in [6.07, 6.45) is 1.45. The first kappa shape index (κ1) is 13.1. The van der Waals surface area contributed by atoms with Crippen LogP contribution in [0.2, 0.25) is 0 Å². The molecule has 102 valence electrons. The maximum absolute atomic E-state index is 11.7. The molecule has 1 aliphatic rings. The lowest BCUT2D eigenvalue weighted by molar-refractivity contribution is -0.402. The van der Waals surface area contributed by atoms with Gasteiger partial charge in [0.15, 0.2) is 5.76 Å². The number of nitro groups is 1. The summed E-state index contributed by atoms with van der Waals surface area (Å²) in [5.74, 6) is -2.53. The number of carbonyl (C=O) groups excluding carboxylic acids is 1. The molecular weight excluding hydrogens is 256 g/mol. The standard InChI is InChI=1S/C11H12N2O6/c14-10(8-3-4-9(19-8)13(17)18)12-7-2-1-6(5-7)11(15)16/h3-4,6-7H,1-2,5H2,(H,12,14)(H,15,16)/t6-,7+/m1/s1. The van der Waals surface area contributed by atoms with E-state index >= 15 is 0 Å². The van der Waals surface area contributed by atoms with Gasteiger partial charge in [0.1, 0.15) is 4.92 Å². The second-order valence-electron chi connectivity index (χ2n) is 4.41. The van der Waals surface area contributed by atoms with Crippen LogP contribution in [0.5, 0.6) is 0 Å². The van der Waals surface area contributed by atoms with Gasteiger partial charge >= 0.3 is 11.9 Å². The summed E-state index contributed by atoms with van der Waals surface area (Å²) in [4.78, 5) is 32.2. The summed E-state index contributed by atoms with van der Waals surface area (Å²) in [5.41, 5.74) is 0. The second kappa shape index (κ2) is 5.09. The number of aliphatic carboxylic acids is 1. The van der Waals surface area contributed by atoms with Crippen molar-refractivity contribution in [2.24, 2.45) is 5.92 Å². The fraction of sp³-hybridized carbons (Fsp3) is 0.455. The molecule has 0 radical (unpaired) electrons. The van der Waals surface area contributed by atoms with Gasteiger partial charge in [0.05, 0.1) is 12.0 Å². The van der Waals surface area contributed by atoms with Crippen LogP contribution in [-0.2, 0) is 4.79 Å². The Morgan fingerprint density at radius 3 is 2.68 bits per heavy atom. The smallest absolute Gasteiger partial charge is 0.433 e. The molecule has 1 amide bonds. The van der Waals surface area contributed by atoms with E-state index in [1.54, 1.807) is 0 Å². The van der Waals surface area contributed by atoms with Crippen LogP contribution in [0.3, 0.4) is 0 Å². The van der Waals surface area contributed by atoms with Crippen LogP contribution in [0.4, 0.5) is 5.88 Å². The minimum atomic E-state index is -0.870. The van der Waals surface area contributed by atoms with Crippen molar-refractivity contribution >= 4 is 17.8 Å². The third kappa shape index (κ3) is 2.90. The highest BCUT2D eigenvalue weighted by Gasteiger charge is 2.31. The molecule has 8 heteroatoms. The monoisotopic (exact) mass is 268 g/mol. The molecule has 1 heterocycles. The van der Waals surface area contributed by atoms with Gasteiger partial charge in [-0.05, 0) is 25.3 Å². The van der Waals surface area contributed by atoms with E-state index in [0.717, 1.165) is 6.07 Å². The number of carboxylic acids is 1. The normalized spacial score (nSPS) is 22.1. The lowest BCUT2D eigenvalue weighted by atomic mass is 10.1. The van der Waals surface area contributed by atoms with Gasteiger partial charge in [0.25, 0.3) is 5.91 Å². The summed E-state index contributed by atoms with van der Waals surface area (Å²) >= 11 is 0. The Bertz CT molecular complexity index is 523. The largest absolute Gasteiger partial charge is 0.481 e. The third-order valence-electron chi connectivity index (χ3n) is 3.11. The zero-order chi connectivity index (χ0) is 14.0. The van der Waals surface area contributed by atoms with Gasteiger partial charge in [0.2, 0.25) is 0 Å². The summed E-state index contributed by atoms with van der Waals surface area (Å²) < 4.78 is 4.76. The summed E-state index contributed by atoms with van der Waals surface area (Å²) in [6, 6.07) is 2.08. The summed E-state index contributed by atoms with van der Waals surface area (Å²) in [5, 5.41) is 21.9. The van der Waals surface area contributed by atoms with Crippen LogP contribution < -0.4 is 5.32 Å². The van der Waals surface area contributed by atoms with E-state index in [4.69, 9.17) is 9.52 Å². The molecule has 2 N–H and O–H groups in total. The summed E-state index contributed by atoms with van der Waals surface area (Å²) in [7, 11) is 0. The molecule has 2 rings (SSSR count). The van der Waals surface area contributed by atoms with E-state index in [1.807, 2.05) is 0 Å². The molecule has 0 saturated heterocycles. The van der Waals surface area contributed by atoms with Crippen LogP contribution in [-0.4, -0.2) is 27.9 Å². The molecule has 8 nitrogen and oxygen atoms in total. The maximum Gasteiger partial charge on any atom is 0.433 e. The van der Waals surface area contributed by atoms with Crippen LogP contribution in [0.15, 0.2) is 16.5 Å². The summed E-state index contributed by atoms with van der Waals surface area (Å²) in [6.45, 7) is 0. The molecule has 0 aliphatic heterocycles. The van der Waals surface area contributed by atoms with Crippen molar-refractivity contribution in [3.63, 3.8) is 0 Å². The molecule has 1 aliphatic carbocycles. The fourth-order valence-electron chi connectivity index (χ4n) is 2.14. The number of rotatable bonds is 4. The molecule has 0 aromatic carbocycles. The second-order valence-corrected chi connectivity index (χ2v) is 4.41. The molecule has 1 fully saturated rings. The van der Waals surface area contributed by atoms with Gasteiger partial charge in [-0.15, -0.1) is 0 Å². The van der Waals surface area contributed by atoms with E-state index in [2.05, 4.69) is 5.32 Å². The van der Waals surface area contributed by atoms with Gasteiger partial charge in [-0.3, -0.25) is 19.7 Å². The average molecular weight is 268 g/mol. The molecule has 1 aromatic rings. The molecule has 19 heavy (non-hydrogen) atoms. The van der Waals surface area contributed by atoms with Gasteiger partial charge in [-0.2, -0.15) is 0 Å². The molecule has 1 aromatic heterocycles. The lowest BCUT2D eigenvalue weighted by Gasteiger charge is -2.10. The highest BCUT2D eigenvalue weighted by Crippen LogP contribution is 2.26. The van der Waals surface area contributed by atoms with Crippen molar-refractivity contribution in [2.75, 3.05) is 0 Å². The topological polar surface area (TPSA) is 123 Å². The Labute approximate surface area is 107 Å². The van der Waals surface area contributed by atoms with Crippen LogP contribution in [0, 0.1) is 16.0 Å². The fourth-order valence-corrected chi connectivity index (χ4v) is 2.14. The molecule has 0 unspecified atom stereocenters. The highest BCUT2D eigenvalue weighted by molar-refractivity contribution is 5.92. The Morgan fingerprint density at radius 1 is 1.42 bits per heavy atom. The number of furan rings is 1. The Kier molecular flexibility index (Phi) is 3.50. The SMILES string of the molecule is O=C(N[C@H]1CC[C@@H](C(=O)O)C1)c1ccc([N+](=O)[O-])o1. The molecule has 0 spiro atoms. The first-order valence-electron chi connectivity index (χ1n) is 5.75. The van der Waals surface area contributed by atoms with Crippen LogP contribution in [0.25, 0.3) is 0 Å². The van der Waals surface area contributed by atoms with Crippen molar-refractivity contribution in [3.05, 3.63) is 28.0 Å². The van der Waals surface area contributed by atoms with Gasteiger partial charge < -0.3 is 14.8 Å². The molecular formula is C11H12N2O6. The Morgan fingerprint density at radius 2 is 2.16 bits per heavy atom. The Hall–Kier alpha value is -2.38. The maximum atomic E-state index is 11.7. The molecule has 0 bridgehead atoms. The quantitative estimate of drug-likeness (QED) is 0.624. The van der Waals surface area contributed by atoms with E-state index in [0.29, 0.717) is 19.3 Å². The number of hydrogen-bond acceptors (Lipinski definition) is 5. The van der Waals surface area contributed by atoms with Crippen molar-refractivity contribution in [2.45, 2.75) is 25.3 Å². The first-order valence-corrected chi connectivity index (χ1v) is 5.75. The lowest BCUT2D eigenvalue weighted by Crippen LogP contribution is -2.33. The van der Waals surface area contributed by atoms with Crippen LogP contribution in [0.1, 0.15) is 29.8 Å². The number of nitrogens with one attached hydrogen (secondary N) is 1. The van der Waals surface area contributed by atoms with Crippen molar-refractivity contribution in [1.29, 1.82) is 0 Å². The minimum absolute atomic E-state index is 0.148. The number of carboxylic acid groups (broad SMARTS) is 1. The predicted molar refractivity (Wildman–Crippen MR) is 61.6 cm³/mol. The van der Waals surface area contributed by atoms with E-state index in [1.165, 1.54) is 6.07 Å². The van der Waals surface area contributed by atoms with E-state index < -0.39 is 28.6 Å². The van der Waals surface area contributed by atoms with Crippen LogP contribution >= 0.6 is 0 Å². The number of amides is 1. The van der Waals surface area contributed by atoms with E-state index in [-0.39, 0.29) is 11.8 Å². The average Bonchev–Trinajstić information content (AvgIpc) is 2.96. The number of nitrogens with zero attached hydrogens (tertiary/aromatic N) is 1. The van der Waals surface area contributed by atoms with Gasteiger partial charge in [-0.1, -0.05) is 0 Å². The van der Waals surface area contributed by atoms with E-state index in [9.17, 15) is 19.7 Å². The van der Waals surface area contributed by atoms with Gasteiger partial charge in [-0.25, -0.2) is 0 Å². The predicted octanol–water partition coefficient (Wildman–Crippen LogP) is 1.17. The Balaban J connectivity index is 1.94. The zero-order valence-electron chi connectivity index (χ0n) is 9.87. The number of carbonyl (C=O) groups is 2. The first-order chi connectivity index (χ1) is 8.97.